The molecule has 0 amide bonds. The topological polar surface area (TPSA) is 30.0 Å². The number of benzene rings is 1. The lowest BCUT2D eigenvalue weighted by atomic mass is 9.83. The minimum Gasteiger partial charge on any atom is -0.300 e. The molecule has 1 heterocycles. The zero-order chi connectivity index (χ0) is 12.5. The summed E-state index contributed by atoms with van der Waals surface area (Å²) in [4.78, 5) is 16.1. The number of aryl methyl sites for hydroxylation is 1. The predicted molar refractivity (Wildman–Crippen MR) is 72.7 cm³/mol. The van der Waals surface area contributed by atoms with Crippen LogP contribution in [0.25, 0.3) is 10.9 Å². The monoisotopic (exact) mass is 239 g/mol. The molecule has 0 spiro atoms. The number of hydrogen-bond acceptors (Lipinski definition) is 2. The molecule has 1 atom stereocenters. The van der Waals surface area contributed by atoms with Crippen molar-refractivity contribution in [3.8, 4) is 0 Å². The van der Waals surface area contributed by atoms with E-state index in [4.69, 9.17) is 0 Å². The van der Waals surface area contributed by atoms with E-state index in [1.807, 2.05) is 13.0 Å². The molecule has 0 N–H and O–H groups in total. The van der Waals surface area contributed by atoms with E-state index in [1.165, 1.54) is 10.9 Å². The van der Waals surface area contributed by atoms with Gasteiger partial charge in [-0.25, -0.2) is 0 Å². The van der Waals surface area contributed by atoms with Crippen molar-refractivity contribution in [2.45, 2.75) is 38.5 Å². The van der Waals surface area contributed by atoms with Crippen LogP contribution in [0.5, 0.6) is 0 Å². The van der Waals surface area contributed by atoms with Gasteiger partial charge in [-0.2, -0.15) is 0 Å². The molecule has 1 aliphatic rings. The van der Waals surface area contributed by atoms with E-state index < -0.39 is 0 Å². The fourth-order valence-corrected chi connectivity index (χ4v) is 2.81. The van der Waals surface area contributed by atoms with Crippen molar-refractivity contribution < 1.29 is 4.79 Å². The largest absolute Gasteiger partial charge is 0.300 e. The van der Waals surface area contributed by atoms with Gasteiger partial charge in [0, 0.05) is 23.9 Å². The Morgan fingerprint density at radius 2 is 2.11 bits per heavy atom. The highest BCUT2D eigenvalue weighted by Gasteiger charge is 2.20. The first-order chi connectivity index (χ1) is 8.72. The van der Waals surface area contributed by atoms with Gasteiger partial charge >= 0.3 is 0 Å². The smallest absolute Gasteiger partial charge is 0.133 e. The summed E-state index contributed by atoms with van der Waals surface area (Å²) >= 11 is 0. The molecule has 1 saturated carbocycles. The van der Waals surface area contributed by atoms with Crippen LogP contribution in [-0.4, -0.2) is 10.8 Å². The Morgan fingerprint density at radius 1 is 1.22 bits per heavy atom. The van der Waals surface area contributed by atoms with Gasteiger partial charge in [0.2, 0.25) is 0 Å². The van der Waals surface area contributed by atoms with Crippen LogP contribution >= 0.6 is 0 Å². The molecule has 1 aromatic heterocycles. The highest BCUT2D eigenvalue weighted by Crippen LogP contribution is 2.32. The number of carbonyl (C=O) groups is 1. The van der Waals surface area contributed by atoms with Gasteiger partial charge in [0.25, 0.3) is 0 Å². The Balaban J connectivity index is 1.97. The molecule has 92 valence electrons. The fraction of sp³-hybridized carbons (Fsp3) is 0.375. The Kier molecular flexibility index (Phi) is 2.86. The number of ketones is 1. The van der Waals surface area contributed by atoms with Crippen molar-refractivity contribution in [1.82, 2.24) is 4.98 Å². The molecule has 2 aromatic rings. The van der Waals surface area contributed by atoms with Gasteiger partial charge in [0.1, 0.15) is 5.78 Å². The predicted octanol–water partition coefficient (Wildman–Crippen LogP) is 3.77. The van der Waals surface area contributed by atoms with Crippen molar-refractivity contribution in [3.63, 3.8) is 0 Å². The summed E-state index contributed by atoms with van der Waals surface area (Å²) in [5, 5.41) is 1.18. The number of Topliss-reactive ketones (excluding diaryl/α,β-unsaturated/α-hetero) is 1. The minimum absolute atomic E-state index is 0.411. The maximum atomic E-state index is 11.5. The molecule has 1 aromatic carbocycles. The summed E-state index contributed by atoms with van der Waals surface area (Å²) < 4.78 is 0. The van der Waals surface area contributed by atoms with Crippen molar-refractivity contribution in [2.75, 3.05) is 0 Å². The third-order valence-electron chi connectivity index (χ3n) is 3.81. The molecule has 0 aliphatic heterocycles. The number of carbonyl (C=O) groups excluding carboxylic acids is 1. The van der Waals surface area contributed by atoms with Crippen molar-refractivity contribution in [2.24, 2.45) is 0 Å². The number of fused-ring (bicyclic) bond motifs is 1. The number of pyridine rings is 1. The van der Waals surface area contributed by atoms with Gasteiger partial charge in [-0.3, -0.25) is 9.78 Å². The molecule has 1 aliphatic carbocycles. The van der Waals surface area contributed by atoms with Gasteiger partial charge < -0.3 is 0 Å². The van der Waals surface area contributed by atoms with Crippen LogP contribution in [0, 0.1) is 6.92 Å². The second-order valence-corrected chi connectivity index (χ2v) is 5.24. The van der Waals surface area contributed by atoms with Gasteiger partial charge in [0.15, 0.2) is 0 Å². The summed E-state index contributed by atoms with van der Waals surface area (Å²) in [5.41, 5.74) is 3.38. The van der Waals surface area contributed by atoms with Crippen LogP contribution in [-0.2, 0) is 4.79 Å². The molecule has 1 fully saturated rings. The molecular weight excluding hydrogens is 222 g/mol. The third kappa shape index (κ3) is 2.15. The van der Waals surface area contributed by atoms with E-state index in [0.717, 1.165) is 30.5 Å². The zero-order valence-electron chi connectivity index (χ0n) is 10.6. The molecule has 2 heteroatoms. The Labute approximate surface area is 107 Å². The quantitative estimate of drug-likeness (QED) is 0.758. The van der Waals surface area contributed by atoms with Crippen LogP contribution in [0.2, 0.25) is 0 Å². The van der Waals surface area contributed by atoms with Crippen LogP contribution in [0.4, 0.5) is 0 Å². The zero-order valence-corrected chi connectivity index (χ0v) is 10.6. The molecular formula is C16H17NO. The molecule has 2 nitrogen and oxygen atoms in total. The van der Waals surface area contributed by atoms with Gasteiger partial charge in [0.05, 0.1) is 5.52 Å². The molecule has 3 rings (SSSR count). The first kappa shape index (κ1) is 11.4. The van der Waals surface area contributed by atoms with E-state index in [1.54, 1.807) is 0 Å². The Bertz CT molecular complexity index is 603. The fourth-order valence-electron chi connectivity index (χ4n) is 2.81. The van der Waals surface area contributed by atoms with Gasteiger partial charge in [-0.1, -0.05) is 12.1 Å². The summed E-state index contributed by atoms with van der Waals surface area (Å²) in [6.45, 7) is 2.01. The third-order valence-corrected chi connectivity index (χ3v) is 3.81. The van der Waals surface area contributed by atoms with Crippen molar-refractivity contribution in [3.05, 3.63) is 41.6 Å². The lowest BCUT2D eigenvalue weighted by Gasteiger charge is -2.21. The molecule has 0 saturated heterocycles. The Hall–Kier alpha value is -1.70. The average Bonchev–Trinajstić information content (AvgIpc) is 2.38. The maximum absolute atomic E-state index is 11.5. The maximum Gasteiger partial charge on any atom is 0.133 e. The molecule has 0 bridgehead atoms. The minimum atomic E-state index is 0.411. The summed E-state index contributed by atoms with van der Waals surface area (Å²) in [6, 6.07) is 10.6. The first-order valence-corrected chi connectivity index (χ1v) is 6.61. The van der Waals surface area contributed by atoms with Crippen molar-refractivity contribution in [1.29, 1.82) is 0 Å². The van der Waals surface area contributed by atoms with Gasteiger partial charge in [-0.15, -0.1) is 0 Å². The summed E-state index contributed by atoms with van der Waals surface area (Å²) in [6.07, 6.45) is 3.65. The lowest BCUT2D eigenvalue weighted by molar-refractivity contribution is -0.120. The van der Waals surface area contributed by atoms with Gasteiger partial charge in [-0.05, 0) is 49.4 Å². The van der Waals surface area contributed by atoms with Crippen molar-refractivity contribution >= 4 is 16.7 Å². The summed E-state index contributed by atoms with van der Waals surface area (Å²) in [7, 11) is 0. The van der Waals surface area contributed by atoms with E-state index in [0.29, 0.717) is 18.1 Å². The number of rotatable bonds is 1. The SMILES string of the molecule is Cc1ccc2cc(C3CCCC(=O)C3)ccc2n1. The second kappa shape index (κ2) is 4.52. The Morgan fingerprint density at radius 3 is 2.94 bits per heavy atom. The molecule has 18 heavy (non-hydrogen) atoms. The van der Waals surface area contributed by atoms with E-state index >= 15 is 0 Å². The number of nitrogens with zero attached hydrogens (tertiary/aromatic N) is 1. The second-order valence-electron chi connectivity index (χ2n) is 5.24. The van der Waals surface area contributed by atoms with E-state index in [2.05, 4.69) is 29.2 Å². The highest BCUT2D eigenvalue weighted by molar-refractivity contribution is 5.82. The first-order valence-electron chi connectivity index (χ1n) is 6.61. The van der Waals surface area contributed by atoms with Crippen LogP contribution in [0.15, 0.2) is 30.3 Å². The van der Waals surface area contributed by atoms with Crippen LogP contribution < -0.4 is 0 Å². The highest BCUT2D eigenvalue weighted by atomic mass is 16.1. The van der Waals surface area contributed by atoms with Crippen LogP contribution in [0.1, 0.15) is 42.9 Å². The lowest BCUT2D eigenvalue weighted by Crippen LogP contribution is -2.13. The number of hydrogen-bond donors (Lipinski definition) is 0. The molecule has 0 radical (unpaired) electrons. The van der Waals surface area contributed by atoms with Crippen LogP contribution in [0.3, 0.4) is 0 Å². The molecule has 1 unspecified atom stereocenters. The van der Waals surface area contributed by atoms with E-state index in [9.17, 15) is 4.79 Å². The standard InChI is InChI=1S/C16H17NO/c1-11-5-6-14-9-13(7-8-16(14)17-11)12-3-2-4-15(18)10-12/h5-9,12H,2-4,10H2,1H3. The number of aromatic nitrogens is 1. The van der Waals surface area contributed by atoms with E-state index in [-0.39, 0.29) is 0 Å². The normalized spacial score (nSPS) is 20.3. The average molecular weight is 239 g/mol. The summed E-state index contributed by atoms with van der Waals surface area (Å²) in [5.74, 6) is 0.824.